The largest absolute Gasteiger partial charge is 0.493 e. The number of hydrogen-bond donors (Lipinski definition) is 0. The van der Waals surface area contributed by atoms with Crippen LogP contribution in [0.4, 0.5) is 8.78 Å². The van der Waals surface area contributed by atoms with Crippen molar-refractivity contribution in [1.82, 2.24) is 4.98 Å². The lowest BCUT2D eigenvalue weighted by atomic mass is 10.0. The zero-order valence-corrected chi connectivity index (χ0v) is 18.3. The summed E-state index contributed by atoms with van der Waals surface area (Å²) in [5, 5.41) is 0. The Morgan fingerprint density at radius 3 is 2.70 bits per heavy atom. The predicted octanol–water partition coefficient (Wildman–Crippen LogP) is 5.60. The van der Waals surface area contributed by atoms with Crippen LogP contribution in [0.2, 0.25) is 0 Å². The number of ether oxygens (including phenoxy) is 3. The molecule has 4 rings (SSSR count). The van der Waals surface area contributed by atoms with Gasteiger partial charge in [0.1, 0.15) is 18.6 Å². The number of carbonyl (C=O) groups is 1. The minimum atomic E-state index is -2.61. The Morgan fingerprint density at radius 2 is 1.94 bits per heavy atom. The van der Waals surface area contributed by atoms with Crippen molar-refractivity contribution in [2.45, 2.75) is 32.1 Å². The van der Waals surface area contributed by atoms with Gasteiger partial charge in [0.15, 0.2) is 17.3 Å². The van der Waals surface area contributed by atoms with Gasteiger partial charge in [-0.05, 0) is 49.1 Å². The molecule has 0 unspecified atom stereocenters. The molecular formula is C25H25F2NO5. The summed E-state index contributed by atoms with van der Waals surface area (Å²) in [6.07, 6.45) is 1.75. The molecule has 1 heterocycles. The number of alkyl halides is 2. The van der Waals surface area contributed by atoms with Gasteiger partial charge in [0.05, 0.1) is 25.0 Å². The molecule has 174 valence electrons. The van der Waals surface area contributed by atoms with E-state index in [1.807, 2.05) is 12.1 Å². The van der Waals surface area contributed by atoms with Gasteiger partial charge >= 0.3 is 0 Å². The zero-order valence-electron chi connectivity index (χ0n) is 18.3. The molecule has 1 fully saturated rings. The summed E-state index contributed by atoms with van der Waals surface area (Å²) in [5.74, 6) is 2.24. The number of hydrogen-bond acceptors (Lipinski definition) is 6. The third-order valence-corrected chi connectivity index (χ3v) is 5.29. The highest BCUT2D eigenvalue weighted by Gasteiger charge is 2.23. The normalized spacial score (nSPS) is 13.2. The number of oxazole rings is 1. The maximum atomic E-state index is 12.7. The van der Waals surface area contributed by atoms with E-state index in [2.05, 4.69) is 4.98 Å². The molecule has 0 aliphatic heterocycles. The molecule has 1 aliphatic rings. The van der Waals surface area contributed by atoms with Gasteiger partial charge in [-0.2, -0.15) is 0 Å². The highest BCUT2D eigenvalue weighted by atomic mass is 19.3. The molecule has 33 heavy (non-hydrogen) atoms. The average Bonchev–Trinajstić information content (AvgIpc) is 3.54. The van der Waals surface area contributed by atoms with Crippen LogP contribution in [-0.2, 0) is 6.42 Å². The van der Waals surface area contributed by atoms with Crippen LogP contribution in [0.3, 0.4) is 0 Å². The molecule has 0 atom stereocenters. The van der Waals surface area contributed by atoms with E-state index in [0.717, 1.165) is 5.56 Å². The number of ketones is 1. The number of aromatic nitrogens is 1. The van der Waals surface area contributed by atoms with Crippen LogP contribution >= 0.6 is 0 Å². The van der Waals surface area contributed by atoms with Gasteiger partial charge in [-0.3, -0.25) is 4.79 Å². The molecule has 3 aromatic rings. The van der Waals surface area contributed by atoms with Gasteiger partial charge in [0.25, 0.3) is 6.43 Å². The number of carbonyl (C=O) groups excluding carboxylic acids is 1. The Labute approximate surface area is 190 Å². The standard InChI is InChI=1S/C25H25F2NO5/c1-30-22-11-8-17(12-23(22)31-13-16-6-7-16)25-28-18(14-33-25)9-10-20(29)19-4-2-3-5-21(19)32-15-24(26)27/h2-5,8,11-12,14,16,24H,6-7,9-10,13,15H2,1H3. The van der Waals surface area contributed by atoms with Gasteiger partial charge in [0, 0.05) is 18.4 Å². The summed E-state index contributed by atoms with van der Waals surface area (Å²) >= 11 is 0. The fourth-order valence-electron chi connectivity index (χ4n) is 3.32. The van der Waals surface area contributed by atoms with Crippen LogP contribution in [0, 0.1) is 5.92 Å². The Balaban J connectivity index is 1.40. The first-order valence-corrected chi connectivity index (χ1v) is 10.8. The van der Waals surface area contributed by atoms with E-state index in [9.17, 15) is 13.6 Å². The lowest BCUT2D eigenvalue weighted by Gasteiger charge is -2.11. The Kier molecular flexibility index (Phi) is 7.22. The summed E-state index contributed by atoms with van der Waals surface area (Å²) in [4.78, 5) is 17.1. The van der Waals surface area contributed by atoms with Crippen LogP contribution in [-0.4, -0.2) is 37.5 Å². The molecule has 0 bridgehead atoms. The number of halogens is 2. The van der Waals surface area contributed by atoms with Crippen molar-refractivity contribution in [3.8, 4) is 28.7 Å². The van der Waals surface area contributed by atoms with Crippen molar-refractivity contribution in [2.75, 3.05) is 20.3 Å². The summed E-state index contributed by atoms with van der Waals surface area (Å²) < 4.78 is 46.9. The fourth-order valence-corrected chi connectivity index (χ4v) is 3.32. The second-order valence-electron chi connectivity index (χ2n) is 7.89. The lowest BCUT2D eigenvalue weighted by molar-refractivity contribution is 0.0799. The second-order valence-corrected chi connectivity index (χ2v) is 7.89. The summed E-state index contributed by atoms with van der Waals surface area (Å²) in [5.41, 5.74) is 1.62. The molecule has 0 spiro atoms. The molecule has 0 saturated heterocycles. The first-order chi connectivity index (χ1) is 16.0. The third-order valence-electron chi connectivity index (χ3n) is 5.29. The van der Waals surface area contributed by atoms with Gasteiger partial charge in [0.2, 0.25) is 5.89 Å². The van der Waals surface area contributed by atoms with Gasteiger partial charge in [-0.25, -0.2) is 13.8 Å². The first kappa shape index (κ1) is 22.8. The van der Waals surface area contributed by atoms with Crippen LogP contribution in [0.1, 0.15) is 35.3 Å². The van der Waals surface area contributed by atoms with Gasteiger partial charge in [-0.15, -0.1) is 0 Å². The minimum Gasteiger partial charge on any atom is -0.493 e. The maximum Gasteiger partial charge on any atom is 0.272 e. The van der Waals surface area contributed by atoms with E-state index in [-0.39, 0.29) is 23.5 Å². The van der Waals surface area contributed by atoms with E-state index in [4.69, 9.17) is 18.6 Å². The van der Waals surface area contributed by atoms with Crippen LogP contribution < -0.4 is 14.2 Å². The summed E-state index contributed by atoms with van der Waals surface area (Å²) in [6.45, 7) is -0.105. The highest BCUT2D eigenvalue weighted by molar-refractivity contribution is 5.98. The average molecular weight is 457 g/mol. The van der Waals surface area contributed by atoms with Crippen molar-refractivity contribution in [3.05, 3.63) is 60.0 Å². The van der Waals surface area contributed by atoms with Crippen molar-refractivity contribution in [2.24, 2.45) is 5.92 Å². The molecule has 0 radical (unpaired) electrons. The van der Waals surface area contributed by atoms with Crippen LogP contribution in [0.15, 0.2) is 53.1 Å². The fraction of sp³-hybridized carbons (Fsp3) is 0.360. The monoisotopic (exact) mass is 457 g/mol. The lowest BCUT2D eigenvalue weighted by Crippen LogP contribution is -2.10. The number of methoxy groups -OCH3 is 1. The van der Waals surface area contributed by atoms with Crippen molar-refractivity contribution < 1.29 is 32.2 Å². The number of Topliss-reactive ketones (excluding diaryl/α,β-unsaturated/α-hetero) is 1. The SMILES string of the molecule is COc1ccc(-c2nc(CCC(=O)c3ccccc3OCC(F)F)co2)cc1OCC1CC1. The molecule has 8 heteroatoms. The molecule has 1 aliphatic carbocycles. The summed E-state index contributed by atoms with van der Waals surface area (Å²) in [6, 6.07) is 11.9. The quantitative estimate of drug-likeness (QED) is 0.330. The molecule has 0 N–H and O–H groups in total. The number of rotatable bonds is 12. The minimum absolute atomic E-state index is 0.138. The van der Waals surface area contributed by atoms with Gasteiger partial charge < -0.3 is 18.6 Å². The van der Waals surface area contributed by atoms with Crippen molar-refractivity contribution in [3.63, 3.8) is 0 Å². The molecule has 1 aromatic heterocycles. The second kappa shape index (κ2) is 10.5. The van der Waals surface area contributed by atoms with Crippen LogP contribution in [0.5, 0.6) is 17.2 Å². The smallest absolute Gasteiger partial charge is 0.272 e. The van der Waals surface area contributed by atoms with E-state index < -0.39 is 13.0 Å². The number of nitrogens with zero attached hydrogens (tertiary/aromatic N) is 1. The van der Waals surface area contributed by atoms with Crippen LogP contribution in [0.25, 0.3) is 11.5 Å². The Hall–Kier alpha value is -3.42. The molecule has 0 amide bonds. The topological polar surface area (TPSA) is 70.8 Å². The first-order valence-electron chi connectivity index (χ1n) is 10.8. The van der Waals surface area contributed by atoms with Gasteiger partial charge in [-0.1, -0.05) is 12.1 Å². The Bertz CT molecular complexity index is 1090. The number of para-hydroxylation sites is 1. The summed E-state index contributed by atoms with van der Waals surface area (Å²) in [7, 11) is 1.59. The molecule has 6 nitrogen and oxygen atoms in total. The molecular weight excluding hydrogens is 432 g/mol. The maximum absolute atomic E-state index is 12.7. The Morgan fingerprint density at radius 1 is 1.12 bits per heavy atom. The number of benzene rings is 2. The van der Waals surface area contributed by atoms with E-state index >= 15 is 0 Å². The van der Waals surface area contributed by atoms with E-state index in [1.165, 1.54) is 25.2 Å². The molecule has 2 aromatic carbocycles. The van der Waals surface area contributed by atoms with Crippen molar-refractivity contribution in [1.29, 1.82) is 0 Å². The zero-order chi connectivity index (χ0) is 23.2. The van der Waals surface area contributed by atoms with Crippen molar-refractivity contribution >= 4 is 5.78 Å². The predicted molar refractivity (Wildman–Crippen MR) is 117 cm³/mol. The molecule has 1 saturated carbocycles. The van der Waals surface area contributed by atoms with E-state index in [0.29, 0.717) is 42.0 Å². The van der Waals surface area contributed by atoms with E-state index in [1.54, 1.807) is 31.4 Å². The highest BCUT2D eigenvalue weighted by Crippen LogP contribution is 2.35. The number of aryl methyl sites for hydroxylation is 1. The third kappa shape index (κ3) is 6.09.